The Morgan fingerprint density at radius 3 is 2.89 bits per heavy atom. The van der Waals surface area contributed by atoms with Crippen molar-refractivity contribution >= 4 is 15.9 Å². The Morgan fingerprint density at radius 2 is 2.28 bits per heavy atom. The Kier molecular flexibility index (Phi) is 4.04. The maximum atomic E-state index is 5.94. The number of aromatic nitrogens is 2. The fourth-order valence-corrected chi connectivity index (χ4v) is 2.09. The van der Waals surface area contributed by atoms with E-state index in [1.807, 2.05) is 38.4 Å². The molecule has 0 saturated heterocycles. The van der Waals surface area contributed by atoms with Crippen LogP contribution in [-0.2, 0) is 13.7 Å². The zero-order chi connectivity index (χ0) is 13.1. The molecule has 0 amide bonds. The number of hydrogen-bond acceptors (Lipinski definition) is 3. The van der Waals surface area contributed by atoms with Crippen molar-refractivity contribution in [1.82, 2.24) is 9.78 Å². The van der Waals surface area contributed by atoms with E-state index in [1.165, 1.54) is 0 Å². The molecule has 0 bridgehead atoms. The maximum Gasteiger partial charge on any atom is 0.124 e. The fraction of sp³-hybridized carbons (Fsp3) is 0.308. The first-order chi connectivity index (χ1) is 8.56. The molecule has 2 N–H and O–H groups in total. The zero-order valence-corrected chi connectivity index (χ0v) is 12.0. The summed E-state index contributed by atoms with van der Waals surface area (Å²) in [5, 5.41) is 4.11. The molecule has 4 nitrogen and oxygen atoms in total. The van der Waals surface area contributed by atoms with Crippen molar-refractivity contribution < 1.29 is 4.74 Å². The van der Waals surface area contributed by atoms with Gasteiger partial charge in [-0.1, -0.05) is 15.9 Å². The van der Waals surface area contributed by atoms with E-state index >= 15 is 0 Å². The molecule has 1 heterocycles. The summed E-state index contributed by atoms with van der Waals surface area (Å²) in [5.41, 5.74) is 7.97. The predicted molar refractivity (Wildman–Crippen MR) is 74.3 cm³/mol. The Labute approximate surface area is 115 Å². The first kappa shape index (κ1) is 13.1. The van der Waals surface area contributed by atoms with Crippen LogP contribution in [0.1, 0.15) is 24.1 Å². The van der Waals surface area contributed by atoms with Crippen molar-refractivity contribution in [2.45, 2.75) is 19.6 Å². The second-order valence-electron chi connectivity index (χ2n) is 4.28. The van der Waals surface area contributed by atoms with Crippen LogP contribution in [0.15, 0.2) is 35.1 Å². The summed E-state index contributed by atoms with van der Waals surface area (Å²) < 4.78 is 8.56. The summed E-state index contributed by atoms with van der Waals surface area (Å²) in [6, 6.07) is 5.80. The van der Waals surface area contributed by atoms with Crippen molar-refractivity contribution in [2.75, 3.05) is 0 Å². The fourth-order valence-electron chi connectivity index (χ4n) is 1.71. The van der Waals surface area contributed by atoms with Gasteiger partial charge in [0.2, 0.25) is 0 Å². The van der Waals surface area contributed by atoms with E-state index in [0.29, 0.717) is 6.61 Å². The van der Waals surface area contributed by atoms with Crippen molar-refractivity contribution in [2.24, 2.45) is 12.8 Å². The molecular weight excluding hydrogens is 294 g/mol. The highest BCUT2D eigenvalue weighted by Gasteiger charge is 2.09. The van der Waals surface area contributed by atoms with Crippen LogP contribution < -0.4 is 10.5 Å². The molecule has 2 rings (SSSR count). The summed E-state index contributed by atoms with van der Waals surface area (Å²) >= 11 is 3.44. The topological polar surface area (TPSA) is 53.1 Å². The van der Waals surface area contributed by atoms with Gasteiger partial charge in [0, 0.05) is 34.9 Å². The summed E-state index contributed by atoms with van der Waals surface area (Å²) in [5.74, 6) is 0.817. The highest BCUT2D eigenvalue weighted by Crippen LogP contribution is 2.28. The number of nitrogens with two attached hydrogens (primary N) is 1. The second-order valence-corrected chi connectivity index (χ2v) is 5.20. The van der Waals surface area contributed by atoms with Crippen LogP contribution in [0.25, 0.3) is 0 Å². The lowest BCUT2D eigenvalue weighted by Gasteiger charge is -2.14. The van der Waals surface area contributed by atoms with Gasteiger partial charge in [0.15, 0.2) is 0 Å². The van der Waals surface area contributed by atoms with Gasteiger partial charge in [-0.25, -0.2) is 0 Å². The highest BCUT2D eigenvalue weighted by atomic mass is 79.9. The van der Waals surface area contributed by atoms with E-state index in [1.54, 1.807) is 10.9 Å². The molecule has 0 aliphatic carbocycles. The first-order valence-corrected chi connectivity index (χ1v) is 6.51. The van der Waals surface area contributed by atoms with Crippen LogP contribution in [0.4, 0.5) is 0 Å². The minimum Gasteiger partial charge on any atom is -0.488 e. The SMILES string of the molecule is CC(N)c1cc(Br)ccc1OCc1cnn(C)c1. The quantitative estimate of drug-likeness (QED) is 0.945. The zero-order valence-electron chi connectivity index (χ0n) is 10.4. The molecule has 1 unspecified atom stereocenters. The lowest BCUT2D eigenvalue weighted by atomic mass is 10.1. The largest absolute Gasteiger partial charge is 0.488 e. The monoisotopic (exact) mass is 309 g/mol. The molecule has 5 heteroatoms. The smallest absolute Gasteiger partial charge is 0.124 e. The standard InChI is InChI=1S/C13H16BrN3O/c1-9(15)12-5-11(14)3-4-13(12)18-8-10-6-16-17(2)7-10/h3-7,9H,8,15H2,1-2H3. The third-order valence-electron chi connectivity index (χ3n) is 2.62. The number of aryl methyl sites for hydroxylation is 1. The minimum atomic E-state index is -0.0635. The van der Waals surface area contributed by atoms with Gasteiger partial charge in [0.25, 0.3) is 0 Å². The summed E-state index contributed by atoms with van der Waals surface area (Å²) in [7, 11) is 1.89. The van der Waals surface area contributed by atoms with E-state index in [-0.39, 0.29) is 6.04 Å². The summed E-state index contributed by atoms with van der Waals surface area (Å²) in [6.45, 7) is 2.44. The minimum absolute atomic E-state index is 0.0635. The molecule has 0 fully saturated rings. The van der Waals surface area contributed by atoms with Gasteiger partial charge in [0.1, 0.15) is 12.4 Å². The van der Waals surface area contributed by atoms with Crippen LogP contribution in [-0.4, -0.2) is 9.78 Å². The van der Waals surface area contributed by atoms with Gasteiger partial charge in [0.05, 0.1) is 6.20 Å². The van der Waals surface area contributed by atoms with Gasteiger partial charge in [-0.3, -0.25) is 4.68 Å². The Balaban J connectivity index is 2.13. The molecule has 0 saturated carbocycles. The number of hydrogen-bond donors (Lipinski definition) is 1. The molecule has 96 valence electrons. The maximum absolute atomic E-state index is 5.94. The molecule has 0 aliphatic rings. The third kappa shape index (κ3) is 3.11. The third-order valence-corrected chi connectivity index (χ3v) is 3.11. The molecule has 0 aliphatic heterocycles. The van der Waals surface area contributed by atoms with Crippen molar-refractivity contribution in [1.29, 1.82) is 0 Å². The number of ether oxygens (including phenoxy) is 1. The van der Waals surface area contributed by atoms with E-state index in [0.717, 1.165) is 21.3 Å². The molecule has 1 atom stereocenters. The molecule has 18 heavy (non-hydrogen) atoms. The number of nitrogens with zero attached hydrogens (tertiary/aromatic N) is 2. The van der Waals surface area contributed by atoms with Crippen LogP contribution in [0, 0.1) is 0 Å². The summed E-state index contributed by atoms with van der Waals surface area (Å²) in [4.78, 5) is 0. The van der Waals surface area contributed by atoms with Crippen molar-refractivity contribution in [3.8, 4) is 5.75 Å². The van der Waals surface area contributed by atoms with Gasteiger partial charge >= 0.3 is 0 Å². The number of benzene rings is 1. The normalized spacial score (nSPS) is 12.4. The van der Waals surface area contributed by atoms with Crippen LogP contribution in [0.5, 0.6) is 5.75 Å². The lowest BCUT2D eigenvalue weighted by molar-refractivity contribution is 0.301. The summed E-state index contributed by atoms with van der Waals surface area (Å²) in [6.07, 6.45) is 3.73. The van der Waals surface area contributed by atoms with Gasteiger partial charge < -0.3 is 10.5 Å². The average Bonchev–Trinajstić information content (AvgIpc) is 2.73. The Bertz CT molecular complexity index is 537. The van der Waals surface area contributed by atoms with Crippen molar-refractivity contribution in [3.63, 3.8) is 0 Å². The molecule has 0 radical (unpaired) electrons. The van der Waals surface area contributed by atoms with Crippen LogP contribution in [0.2, 0.25) is 0 Å². The lowest BCUT2D eigenvalue weighted by Crippen LogP contribution is -2.08. The van der Waals surface area contributed by atoms with E-state index in [4.69, 9.17) is 10.5 Å². The van der Waals surface area contributed by atoms with Crippen molar-refractivity contribution in [3.05, 3.63) is 46.2 Å². The first-order valence-electron chi connectivity index (χ1n) is 5.71. The molecule has 1 aromatic heterocycles. The Morgan fingerprint density at radius 1 is 1.50 bits per heavy atom. The number of halogens is 1. The van der Waals surface area contributed by atoms with Gasteiger partial charge in [-0.2, -0.15) is 5.10 Å². The van der Waals surface area contributed by atoms with Crippen LogP contribution >= 0.6 is 15.9 Å². The van der Waals surface area contributed by atoms with Gasteiger partial charge in [-0.05, 0) is 25.1 Å². The predicted octanol–water partition coefficient (Wildman–Crippen LogP) is 2.78. The van der Waals surface area contributed by atoms with E-state index in [9.17, 15) is 0 Å². The van der Waals surface area contributed by atoms with Crippen LogP contribution in [0.3, 0.4) is 0 Å². The van der Waals surface area contributed by atoms with E-state index < -0.39 is 0 Å². The van der Waals surface area contributed by atoms with Gasteiger partial charge in [-0.15, -0.1) is 0 Å². The molecule has 0 spiro atoms. The number of rotatable bonds is 4. The molecule has 2 aromatic rings. The second kappa shape index (κ2) is 5.54. The molecular formula is C13H16BrN3O. The Hall–Kier alpha value is -1.33. The van der Waals surface area contributed by atoms with E-state index in [2.05, 4.69) is 21.0 Å². The highest BCUT2D eigenvalue weighted by molar-refractivity contribution is 9.10. The average molecular weight is 310 g/mol. The molecule has 1 aromatic carbocycles.